The smallest absolute Gasteiger partial charge is 0.296 e. The number of hydrogen-bond acceptors (Lipinski definition) is 6. The van der Waals surface area contributed by atoms with Crippen LogP contribution in [-0.4, -0.2) is 52.3 Å². The number of nitrogens with zero attached hydrogens (tertiary/aromatic N) is 2. The van der Waals surface area contributed by atoms with Gasteiger partial charge in [0.15, 0.2) is 0 Å². The van der Waals surface area contributed by atoms with Crippen molar-refractivity contribution in [3.8, 4) is 5.75 Å². The molecule has 37 heavy (non-hydrogen) atoms. The molecule has 0 aliphatic carbocycles. The minimum Gasteiger partial charge on any atom is -0.507 e. The fraction of sp³-hybridized carbons (Fsp3) is 0.333. The molecule has 2 fully saturated rings. The highest BCUT2D eigenvalue weighted by atomic mass is 16.5. The minimum absolute atomic E-state index is 0.0638. The Morgan fingerprint density at radius 1 is 1.00 bits per heavy atom. The maximum absolute atomic E-state index is 13.4. The number of likely N-dealkylation sites (tertiary alicyclic amines) is 2. The van der Waals surface area contributed by atoms with Gasteiger partial charge < -0.3 is 19.2 Å². The van der Waals surface area contributed by atoms with E-state index in [2.05, 4.69) is 17.0 Å². The Hall–Kier alpha value is -3.84. The van der Waals surface area contributed by atoms with Gasteiger partial charge in [-0.15, -0.1) is 0 Å². The highest BCUT2D eigenvalue weighted by Gasteiger charge is 2.50. The van der Waals surface area contributed by atoms with Gasteiger partial charge in [-0.3, -0.25) is 14.5 Å². The molecule has 0 saturated carbocycles. The molecule has 0 bridgehead atoms. The Bertz CT molecular complexity index is 1240. The zero-order chi connectivity index (χ0) is 25.8. The summed E-state index contributed by atoms with van der Waals surface area (Å²) in [6.45, 7) is 5.10. The van der Waals surface area contributed by atoms with Gasteiger partial charge in [0.1, 0.15) is 23.3 Å². The zero-order valence-corrected chi connectivity index (χ0v) is 21.0. The van der Waals surface area contributed by atoms with E-state index < -0.39 is 17.7 Å². The lowest BCUT2D eigenvalue weighted by atomic mass is 9.97. The molecule has 192 valence electrons. The molecule has 3 aromatic rings. The first-order valence-electron chi connectivity index (χ1n) is 12.9. The van der Waals surface area contributed by atoms with Crippen LogP contribution in [0.3, 0.4) is 0 Å². The Morgan fingerprint density at radius 3 is 2.38 bits per heavy atom. The number of benzene rings is 2. The molecule has 2 aliphatic heterocycles. The van der Waals surface area contributed by atoms with Gasteiger partial charge in [0.25, 0.3) is 11.7 Å². The monoisotopic (exact) mass is 500 g/mol. The summed E-state index contributed by atoms with van der Waals surface area (Å²) in [7, 11) is 0. The maximum Gasteiger partial charge on any atom is 0.296 e. The first kappa shape index (κ1) is 24.8. The molecular weight excluding hydrogens is 468 g/mol. The molecule has 1 unspecified atom stereocenters. The lowest BCUT2D eigenvalue weighted by Gasteiger charge is -2.38. The predicted molar refractivity (Wildman–Crippen MR) is 140 cm³/mol. The van der Waals surface area contributed by atoms with Crippen LogP contribution in [0.4, 0.5) is 0 Å². The highest BCUT2D eigenvalue weighted by molar-refractivity contribution is 6.46. The van der Waals surface area contributed by atoms with Crippen molar-refractivity contribution in [2.75, 3.05) is 19.7 Å². The van der Waals surface area contributed by atoms with Crippen molar-refractivity contribution in [1.29, 1.82) is 0 Å². The van der Waals surface area contributed by atoms with Gasteiger partial charge in [-0.25, -0.2) is 0 Å². The van der Waals surface area contributed by atoms with Crippen LogP contribution in [0.15, 0.2) is 83.0 Å². The fourth-order valence-corrected chi connectivity index (χ4v) is 5.23. The van der Waals surface area contributed by atoms with Gasteiger partial charge in [-0.2, -0.15) is 0 Å². The van der Waals surface area contributed by atoms with Crippen LogP contribution < -0.4 is 4.74 Å². The number of amides is 1. The fourth-order valence-electron chi connectivity index (χ4n) is 5.23. The summed E-state index contributed by atoms with van der Waals surface area (Å²) in [5.74, 6) is -0.325. The topological polar surface area (TPSA) is 83.2 Å². The summed E-state index contributed by atoms with van der Waals surface area (Å²) >= 11 is 0. The van der Waals surface area contributed by atoms with Crippen molar-refractivity contribution in [1.82, 2.24) is 9.80 Å². The van der Waals surface area contributed by atoms with E-state index in [1.165, 1.54) is 11.8 Å². The minimum atomic E-state index is -0.767. The third kappa shape index (κ3) is 5.18. The second kappa shape index (κ2) is 11.0. The highest BCUT2D eigenvalue weighted by Crippen LogP contribution is 2.42. The van der Waals surface area contributed by atoms with Crippen molar-refractivity contribution in [3.63, 3.8) is 0 Å². The molecule has 1 atom stereocenters. The summed E-state index contributed by atoms with van der Waals surface area (Å²) in [6, 6.07) is 19.8. The van der Waals surface area contributed by atoms with Crippen LogP contribution in [0.25, 0.3) is 5.76 Å². The number of carbonyl (C=O) groups excluding carboxylic acids is 2. The summed E-state index contributed by atoms with van der Waals surface area (Å²) < 4.78 is 11.3. The van der Waals surface area contributed by atoms with E-state index in [0.29, 0.717) is 23.7 Å². The SMILES string of the molecule is CCCOc1ccc(/C(O)=C2/C(=O)C(=O)N(C3CCN(Cc4ccccc4)CC3)C2c2ccco2)cc1. The zero-order valence-electron chi connectivity index (χ0n) is 21.0. The number of hydrogen-bond donors (Lipinski definition) is 1. The quantitative estimate of drug-likeness (QED) is 0.262. The Morgan fingerprint density at radius 2 is 1.73 bits per heavy atom. The van der Waals surface area contributed by atoms with Crippen molar-refractivity contribution in [3.05, 3.63) is 95.5 Å². The summed E-state index contributed by atoms with van der Waals surface area (Å²) in [5, 5.41) is 11.3. The van der Waals surface area contributed by atoms with Gasteiger partial charge in [0, 0.05) is 31.2 Å². The predicted octanol–water partition coefficient (Wildman–Crippen LogP) is 5.15. The summed E-state index contributed by atoms with van der Waals surface area (Å²) in [6.07, 6.45) is 3.89. The number of ether oxygens (including phenoxy) is 1. The van der Waals surface area contributed by atoms with Gasteiger partial charge in [0.2, 0.25) is 0 Å². The average molecular weight is 501 g/mol. The lowest BCUT2D eigenvalue weighted by Crippen LogP contribution is -2.46. The molecule has 2 aliphatic rings. The second-order valence-corrected chi connectivity index (χ2v) is 9.59. The molecular formula is C30H32N2O5. The molecule has 5 rings (SSSR count). The molecule has 0 spiro atoms. The first-order chi connectivity index (χ1) is 18.1. The number of carbonyl (C=O) groups is 2. The Kier molecular flexibility index (Phi) is 7.42. The Labute approximate surface area is 216 Å². The van der Waals surface area contributed by atoms with E-state index in [0.717, 1.165) is 38.9 Å². The van der Waals surface area contributed by atoms with Crippen LogP contribution in [0.1, 0.15) is 49.1 Å². The van der Waals surface area contributed by atoms with Crippen LogP contribution in [0, 0.1) is 0 Å². The molecule has 1 aromatic heterocycles. The number of piperidine rings is 1. The molecule has 1 amide bonds. The lowest BCUT2D eigenvalue weighted by molar-refractivity contribution is -0.142. The van der Waals surface area contributed by atoms with Crippen LogP contribution in [0.5, 0.6) is 5.75 Å². The number of ketones is 1. The Balaban J connectivity index is 1.40. The third-order valence-electron chi connectivity index (χ3n) is 7.09. The van der Waals surface area contributed by atoms with E-state index >= 15 is 0 Å². The van der Waals surface area contributed by atoms with Gasteiger partial charge in [0.05, 0.1) is 18.4 Å². The average Bonchev–Trinajstić information content (AvgIpc) is 3.55. The maximum atomic E-state index is 13.4. The first-order valence-corrected chi connectivity index (χ1v) is 12.9. The van der Waals surface area contributed by atoms with Gasteiger partial charge >= 0.3 is 0 Å². The van der Waals surface area contributed by atoms with E-state index in [9.17, 15) is 14.7 Å². The molecule has 7 heteroatoms. The van der Waals surface area contributed by atoms with E-state index in [4.69, 9.17) is 9.15 Å². The van der Waals surface area contributed by atoms with Gasteiger partial charge in [-0.05, 0) is 61.2 Å². The van der Waals surface area contributed by atoms with Crippen LogP contribution in [-0.2, 0) is 16.1 Å². The number of rotatable bonds is 8. The normalized spacial score (nSPS) is 20.5. The molecule has 2 aromatic carbocycles. The van der Waals surface area contributed by atoms with Crippen LogP contribution >= 0.6 is 0 Å². The summed E-state index contributed by atoms with van der Waals surface area (Å²) in [4.78, 5) is 30.7. The molecule has 1 N–H and O–H groups in total. The standard InChI is InChI=1S/C30H32N2O5/c1-2-18-36-24-12-10-22(11-13-24)28(33)26-27(25-9-6-19-37-25)32(30(35)29(26)34)23-14-16-31(17-15-23)20-21-7-4-3-5-8-21/h3-13,19,23,27,33H,2,14-18,20H2,1H3/b28-26-. The van der Waals surface area contributed by atoms with Crippen LogP contribution in [0.2, 0.25) is 0 Å². The molecule has 7 nitrogen and oxygen atoms in total. The van der Waals surface area contributed by atoms with Crippen molar-refractivity contribution in [2.45, 2.75) is 44.8 Å². The van der Waals surface area contributed by atoms with Gasteiger partial charge in [-0.1, -0.05) is 37.3 Å². The van der Waals surface area contributed by atoms with E-state index in [-0.39, 0.29) is 17.4 Å². The van der Waals surface area contributed by atoms with Crippen molar-refractivity contribution in [2.24, 2.45) is 0 Å². The van der Waals surface area contributed by atoms with Crippen molar-refractivity contribution < 1.29 is 23.8 Å². The van der Waals surface area contributed by atoms with Crippen molar-refractivity contribution >= 4 is 17.4 Å². The molecule has 2 saturated heterocycles. The van der Waals surface area contributed by atoms with E-state index in [1.807, 2.05) is 25.1 Å². The molecule has 0 radical (unpaired) electrons. The molecule has 3 heterocycles. The number of Topliss-reactive ketones (excluding diaryl/α,β-unsaturated/α-hetero) is 1. The third-order valence-corrected chi connectivity index (χ3v) is 7.09. The van der Waals surface area contributed by atoms with E-state index in [1.54, 1.807) is 41.3 Å². The largest absolute Gasteiger partial charge is 0.507 e. The second-order valence-electron chi connectivity index (χ2n) is 9.59. The number of aliphatic hydroxyl groups is 1. The summed E-state index contributed by atoms with van der Waals surface area (Å²) in [5.41, 5.74) is 1.77. The number of aliphatic hydroxyl groups excluding tert-OH is 1. The number of furan rings is 1.